The first kappa shape index (κ1) is 19.3. The molecule has 1 aromatic heterocycles. The molecule has 2 amide bonds. The van der Waals surface area contributed by atoms with Gasteiger partial charge in [-0.05, 0) is 60.0 Å². The average molecular weight is 406 g/mol. The number of anilines is 3. The van der Waals surface area contributed by atoms with Gasteiger partial charge < -0.3 is 25.6 Å². The number of ether oxygens (including phenoxy) is 1. The van der Waals surface area contributed by atoms with Crippen LogP contribution in [0.15, 0.2) is 59.1 Å². The third-order valence-electron chi connectivity index (χ3n) is 4.67. The van der Waals surface area contributed by atoms with Crippen molar-refractivity contribution in [2.45, 2.75) is 6.92 Å². The van der Waals surface area contributed by atoms with Crippen molar-refractivity contribution in [3.05, 3.63) is 66.0 Å². The summed E-state index contributed by atoms with van der Waals surface area (Å²) in [5, 5.41) is 9.82. The Balaban J connectivity index is 1.55. The second kappa shape index (κ2) is 7.75. The number of aryl methyl sites for hydroxylation is 1. The van der Waals surface area contributed by atoms with E-state index in [1.54, 1.807) is 37.4 Å². The summed E-state index contributed by atoms with van der Waals surface area (Å²) in [5.74, 6) is 0.258. The molecule has 0 atom stereocenters. The standard InChI is InChI=1S/C22H19FN4O3/c1-12-3-9-16(23)17(11-12)26-22(28)25-14-6-4-13(5-7-14)15-8-10-18(29-2)20-19(15)21(24)30-27-20/h3-11H,24H2,1-2H3,(H2,25,26,28). The number of benzene rings is 3. The highest BCUT2D eigenvalue weighted by Gasteiger charge is 2.16. The molecule has 0 radical (unpaired) electrons. The molecule has 152 valence electrons. The normalized spacial score (nSPS) is 10.8. The van der Waals surface area contributed by atoms with E-state index in [1.807, 2.05) is 25.1 Å². The van der Waals surface area contributed by atoms with Gasteiger partial charge in [0.25, 0.3) is 0 Å². The van der Waals surface area contributed by atoms with E-state index in [-0.39, 0.29) is 11.6 Å². The first-order valence-corrected chi connectivity index (χ1v) is 9.12. The maximum Gasteiger partial charge on any atom is 0.323 e. The van der Waals surface area contributed by atoms with E-state index in [0.29, 0.717) is 22.3 Å². The highest BCUT2D eigenvalue weighted by Crippen LogP contribution is 2.37. The van der Waals surface area contributed by atoms with Crippen LogP contribution >= 0.6 is 0 Å². The topological polar surface area (TPSA) is 102 Å². The van der Waals surface area contributed by atoms with Crippen LogP contribution in [-0.4, -0.2) is 18.3 Å². The van der Waals surface area contributed by atoms with E-state index in [9.17, 15) is 9.18 Å². The molecule has 0 saturated heterocycles. The number of carbonyl (C=O) groups excluding carboxylic acids is 1. The van der Waals surface area contributed by atoms with Gasteiger partial charge in [-0.3, -0.25) is 0 Å². The van der Waals surface area contributed by atoms with Gasteiger partial charge in [-0.25, -0.2) is 9.18 Å². The maximum atomic E-state index is 13.8. The van der Waals surface area contributed by atoms with Crippen LogP contribution < -0.4 is 21.1 Å². The van der Waals surface area contributed by atoms with E-state index in [4.69, 9.17) is 15.0 Å². The minimum Gasteiger partial charge on any atom is -0.494 e. The van der Waals surface area contributed by atoms with Gasteiger partial charge in [-0.1, -0.05) is 23.4 Å². The molecular formula is C22H19FN4O3. The molecule has 0 aliphatic rings. The number of carbonyl (C=O) groups is 1. The van der Waals surface area contributed by atoms with Gasteiger partial charge in [0.2, 0.25) is 5.88 Å². The largest absolute Gasteiger partial charge is 0.494 e. The molecule has 30 heavy (non-hydrogen) atoms. The zero-order chi connectivity index (χ0) is 21.3. The second-order valence-electron chi connectivity index (χ2n) is 6.73. The lowest BCUT2D eigenvalue weighted by atomic mass is 10.0. The first-order valence-electron chi connectivity index (χ1n) is 9.12. The summed E-state index contributed by atoms with van der Waals surface area (Å²) in [5.41, 5.74) is 9.67. The number of urea groups is 1. The number of halogens is 1. The zero-order valence-corrected chi connectivity index (χ0v) is 16.3. The third kappa shape index (κ3) is 3.62. The Morgan fingerprint density at radius 1 is 1.10 bits per heavy atom. The number of hydrogen-bond donors (Lipinski definition) is 3. The number of rotatable bonds is 4. The van der Waals surface area contributed by atoms with Gasteiger partial charge >= 0.3 is 6.03 Å². The fraction of sp³-hybridized carbons (Fsp3) is 0.0909. The van der Waals surface area contributed by atoms with Crippen molar-refractivity contribution in [2.75, 3.05) is 23.5 Å². The number of amides is 2. The van der Waals surface area contributed by atoms with Gasteiger partial charge in [0.15, 0.2) is 5.52 Å². The number of nitrogen functional groups attached to an aromatic ring is 1. The molecule has 4 aromatic rings. The highest BCUT2D eigenvalue weighted by atomic mass is 19.1. The molecule has 0 aliphatic heterocycles. The molecule has 3 aromatic carbocycles. The van der Waals surface area contributed by atoms with E-state index in [0.717, 1.165) is 16.7 Å². The second-order valence-corrected chi connectivity index (χ2v) is 6.73. The Bertz CT molecular complexity index is 1240. The number of hydrogen-bond acceptors (Lipinski definition) is 5. The van der Waals surface area contributed by atoms with Crippen LogP contribution in [0, 0.1) is 12.7 Å². The molecule has 4 N–H and O–H groups in total. The van der Waals surface area contributed by atoms with Crippen molar-refractivity contribution < 1.29 is 18.4 Å². The molecule has 4 rings (SSSR count). The van der Waals surface area contributed by atoms with E-state index < -0.39 is 11.8 Å². The lowest BCUT2D eigenvalue weighted by Crippen LogP contribution is -2.20. The molecule has 0 bridgehead atoms. The Kier molecular flexibility index (Phi) is 4.97. The number of nitrogens with two attached hydrogens (primary N) is 1. The van der Waals surface area contributed by atoms with Gasteiger partial charge in [-0.15, -0.1) is 0 Å². The molecule has 0 unspecified atom stereocenters. The summed E-state index contributed by atoms with van der Waals surface area (Å²) >= 11 is 0. The minimum absolute atomic E-state index is 0.118. The van der Waals surface area contributed by atoms with E-state index in [1.165, 1.54) is 6.07 Å². The molecule has 0 fully saturated rings. The Morgan fingerprint density at radius 2 is 1.87 bits per heavy atom. The number of nitrogens with one attached hydrogen (secondary N) is 2. The van der Waals surface area contributed by atoms with Crippen LogP contribution in [0.5, 0.6) is 5.75 Å². The van der Waals surface area contributed by atoms with Crippen LogP contribution in [0.25, 0.3) is 22.0 Å². The Morgan fingerprint density at radius 3 is 2.60 bits per heavy atom. The molecule has 0 aliphatic carbocycles. The van der Waals surface area contributed by atoms with E-state index >= 15 is 0 Å². The fourth-order valence-electron chi connectivity index (χ4n) is 3.21. The van der Waals surface area contributed by atoms with Crippen LogP contribution in [0.3, 0.4) is 0 Å². The number of methoxy groups -OCH3 is 1. The van der Waals surface area contributed by atoms with Gasteiger partial charge in [0, 0.05) is 5.69 Å². The van der Waals surface area contributed by atoms with Gasteiger partial charge in [0.05, 0.1) is 18.2 Å². The van der Waals surface area contributed by atoms with Crippen molar-refractivity contribution in [1.29, 1.82) is 0 Å². The molecule has 0 saturated carbocycles. The van der Waals surface area contributed by atoms with Crippen LogP contribution in [0.1, 0.15) is 5.56 Å². The summed E-state index contributed by atoms with van der Waals surface area (Å²) in [6, 6.07) is 14.8. The summed E-state index contributed by atoms with van der Waals surface area (Å²) in [7, 11) is 1.55. The van der Waals surface area contributed by atoms with Crippen LogP contribution in [0.2, 0.25) is 0 Å². The average Bonchev–Trinajstić information content (AvgIpc) is 3.13. The van der Waals surface area contributed by atoms with Gasteiger partial charge in [0.1, 0.15) is 11.6 Å². The third-order valence-corrected chi connectivity index (χ3v) is 4.67. The summed E-state index contributed by atoms with van der Waals surface area (Å²) < 4.78 is 24.2. The summed E-state index contributed by atoms with van der Waals surface area (Å²) in [4.78, 5) is 12.2. The maximum absolute atomic E-state index is 13.8. The predicted molar refractivity (Wildman–Crippen MR) is 114 cm³/mol. The zero-order valence-electron chi connectivity index (χ0n) is 16.3. The van der Waals surface area contributed by atoms with Crippen molar-refractivity contribution >= 4 is 34.2 Å². The number of aromatic nitrogens is 1. The van der Waals surface area contributed by atoms with E-state index in [2.05, 4.69) is 15.8 Å². The lowest BCUT2D eigenvalue weighted by molar-refractivity contribution is 0.262. The molecule has 8 heteroatoms. The van der Waals surface area contributed by atoms with Crippen molar-refractivity contribution in [2.24, 2.45) is 0 Å². The van der Waals surface area contributed by atoms with Crippen LogP contribution in [0.4, 0.5) is 26.4 Å². The summed E-state index contributed by atoms with van der Waals surface area (Å²) in [6.45, 7) is 1.82. The molecule has 0 spiro atoms. The Hall–Kier alpha value is -4.07. The molecule has 7 nitrogen and oxygen atoms in total. The summed E-state index contributed by atoms with van der Waals surface area (Å²) in [6.07, 6.45) is 0. The smallest absolute Gasteiger partial charge is 0.323 e. The number of nitrogens with zero attached hydrogens (tertiary/aromatic N) is 1. The predicted octanol–water partition coefficient (Wildman–Crippen LogP) is 5.18. The van der Waals surface area contributed by atoms with Crippen molar-refractivity contribution in [3.63, 3.8) is 0 Å². The number of fused-ring (bicyclic) bond motifs is 1. The van der Waals surface area contributed by atoms with Gasteiger partial charge in [-0.2, -0.15) is 0 Å². The quantitative estimate of drug-likeness (QED) is 0.433. The minimum atomic E-state index is -0.539. The Labute approximate surface area is 171 Å². The lowest BCUT2D eigenvalue weighted by Gasteiger charge is -2.10. The first-order chi connectivity index (χ1) is 14.5. The highest BCUT2D eigenvalue weighted by molar-refractivity contribution is 6.04. The molecule has 1 heterocycles. The van der Waals surface area contributed by atoms with Crippen molar-refractivity contribution in [3.8, 4) is 16.9 Å². The molecular weight excluding hydrogens is 387 g/mol. The SMILES string of the molecule is COc1ccc(-c2ccc(NC(=O)Nc3cc(C)ccc3F)cc2)c2c(N)onc12. The van der Waals surface area contributed by atoms with Crippen molar-refractivity contribution in [1.82, 2.24) is 5.16 Å². The fourth-order valence-corrected chi connectivity index (χ4v) is 3.21. The van der Waals surface area contributed by atoms with Crippen LogP contribution in [-0.2, 0) is 0 Å². The monoisotopic (exact) mass is 406 g/mol.